The number of nitrogens with one attached hydrogen (secondary N) is 2. The van der Waals surface area contributed by atoms with E-state index in [2.05, 4.69) is 10.6 Å². The maximum Gasteiger partial charge on any atom is 0.326 e. The molecular formula is C22H32N4O6. The summed E-state index contributed by atoms with van der Waals surface area (Å²) >= 11 is 0. The van der Waals surface area contributed by atoms with E-state index in [1.54, 1.807) is 12.1 Å². The summed E-state index contributed by atoms with van der Waals surface area (Å²) in [6.45, 7) is 3.76. The monoisotopic (exact) mass is 448 g/mol. The van der Waals surface area contributed by atoms with Crippen molar-refractivity contribution >= 4 is 23.7 Å². The summed E-state index contributed by atoms with van der Waals surface area (Å²) < 4.78 is 0. The van der Waals surface area contributed by atoms with Crippen molar-refractivity contribution in [1.82, 2.24) is 15.5 Å². The second-order valence-corrected chi connectivity index (χ2v) is 8.41. The Labute approximate surface area is 187 Å². The molecule has 1 aliphatic rings. The summed E-state index contributed by atoms with van der Waals surface area (Å²) in [7, 11) is 0. The lowest BCUT2D eigenvalue weighted by atomic mass is 10.0. The van der Waals surface area contributed by atoms with Gasteiger partial charge in [-0.25, -0.2) is 4.79 Å². The molecule has 1 aromatic carbocycles. The number of carboxylic acid groups (broad SMARTS) is 1. The number of nitrogens with two attached hydrogens (primary N) is 1. The van der Waals surface area contributed by atoms with Gasteiger partial charge in [0, 0.05) is 13.0 Å². The molecule has 10 nitrogen and oxygen atoms in total. The van der Waals surface area contributed by atoms with E-state index in [1.165, 1.54) is 17.0 Å². The molecule has 1 heterocycles. The molecule has 0 aromatic heterocycles. The van der Waals surface area contributed by atoms with Crippen LogP contribution in [0, 0.1) is 5.92 Å². The minimum absolute atomic E-state index is 0.0684. The van der Waals surface area contributed by atoms with Gasteiger partial charge in [0.15, 0.2) is 0 Å². The van der Waals surface area contributed by atoms with Gasteiger partial charge in [-0.3, -0.25) is 14.4 Å². The first-order chi connectivity index (χ1) is 15.1. The predicted molar refractivity (Wildman–Crippen MR) is 117 cm³/mol. The second kappa shape index (κ2) is 11.5. The van der Waals surface area contributed by atoms with Gasteiger partial charge in [-0.2, -0.15) is 0 Å². The molecule has 1 fully saturated rings. The summed E-state index contributed by atoms with van der Waals surface area (Å²) in [5.74, 6) is -2.44. The number of nitrogens with zero attached hydrogens (tertiary/aromatic N) is 1. The van der Waals surface area contributed by atoms with Crippen molar-refractivity contribution < 1.29 is 29.4 Å². The first-order valence-corrected chi connectivity index (χ1v) is 10.7. The van der Waals surface area contributed by atoms with Crippen molar-refractivity contribution in [2.45, 2.75) is 57.7 Å². The van der Waals surface area contributed by atoms with Crippen LogP contribution in [0.5, 0.6) is 5.75 Å². The molecule has 3 unspecified atom stereocenters. The topological polar surface area (TPSA) is 162 Å². The number of rotatable bonds is 10. The lowest BCUT2D eigenvalue weighted by Crippen LogP contribution is -2.56. The first kappa shape index (κ1) is 25.1. The Balaban J connectivity index is 2.17. The largest absolute Gasteiger partial charge is 0.508 e. The van der Waals surface area contributed by atoms with Crippen molar-refractivity contribution in [1.29, 1.82) is 0 Å². The highest BCUT2D eigenvalue weighted by atomic mass is 16.4. The molecule has 0 saturated carbocycles. The number of phenols is 1. The van der Waals surface area contributed by atoms with Crippen LogP contribution in [0.1, 0.15) is 38.7 Å². The molecule has 0 radical (unpaired) electrons. The normalized spacial score (nSPS) is 17.6. The van der Waals surface area contributed by atoms with Gasteiger partial charge in [-0.1, -0.05) is 26.0 Å². The Hall–Kier alpha value is -3.14. The Morgan fingerprint density at radius 3 is 2.34 bits per heavy atom. The maximum atomic E-state index is 13.3. The van der Waals surface area contributed by atoms with Crippen LogP contribution >= 0.6 is 0 Å². The number of carboxylic acids is 1. The number of hydrogen-bond acceptors (Lipinski definition) is 6. The molecule has 0 aliphatic carbocycles. The third-order valence-electron chi connectivity index (χ3n) is 5.36. The number of carbonyl (C=O) groups is 4. The molecule has 0 spiro atoms. The van der Waals surface area contributed by atoms with Crippen molar-refractivity contribution in [3.63, 3.8) is 0 Å². The van der Waals surface area contributed by atoms with E-state index in [9.17, 15) is 29.4 Å². The highest BCUT2D eigenvalue weighted by Crippen LogP contribution is 2.21. The number of benzene rings is 1. The molecular weight excluding hydrogens is 416 g/mol. The van der Waals surface area contributed by atoms with Crippen molar-refractivity contribution in [2.75, 3.05) is 13.1 Å². The van der Waals surface area contributed by atoms with E-state index in [-0.39, 0.29) is 31.1 Å². The number of aliphatic carboxylic acids is 1. The summed E-state index contributed by atoms with van der Waals surface area (Å²) in [5, 5.41) is 24.0. The number of phenolic OH excluding ortho intramolecular Hbond substituents is 1. The first-order valence-electron chi connectivity index (χ1n) is 10.7. The van der Waals surface area contributed by atoms with Crippen LogP contribution in [0.3, 0.4) is 0 Å². The van der Waals surface area contributed by atoms with Gasteiger partial charge < -0.3 is 31.5 Å². The van der Waals surface area contributed by atoms with Gasteiger partial charge in [0.05, 0.1) is 6.54 Å². The zero-order valence-electron chi connectivity index (χ0n) is 18.4. The summed E-state index contributed by atoms with van der Waals surface area (Å²) in [4.78, 5) is 51.0. The maximum absolute atomic E-state index is 13.3. The number of carbonyl (C=O) groups excluding carboxylic acids is 3. The van der Waals surface area contributed by atoms with Crippen molar-refractivity contribution in [3.05, 3.63) is 29.8 Å². The minimum atomic E-state index is -1.12. The fourth-order valence-electron chi connectivity index (χ4n) is 3.79. The van der Waals surface area contributed by atoms with Crippen molar-refractivity contribution in [3.8, 4) is 5.75 Å². The fraction of sp³-hybridized carbons (Fsp3) is 0.545. The summed E-state index contributed by atoms with van der Waals surface area (Å²) in [5.41, 5.74) is 6.11. The van der Waals surface area contributed by atoms with Crippen LogP contribution in [0.25, 0.3) is 0 Å². The van der Waals surface area contributed by atoms with Crippen LogP contribution in [-0.4, -0.2) is 70.0 Å². The lowest BCUT2D eigenvalue weighted by molar-refractivity contribution is -0.145. The Bertz CT molecular complexity index is 826. The lowest BCUT2D eigenvalue weighted by Gasteiger charge is -2.29. The quantitative estimate of drug-likeness (QED) is 0.336. The molecule has 1 aliphatic heterocycles. The fourth-order valence-corrected chi connectivity index (χ4v) is 3.79. The molecule has 0 bridgehead atoms. The Morgan fingerprint density at radius 2 is 1.78 bits per heavy atom. The molecule has 6 N–H and O–H groups in total. The van der Waals surface area contributed by atoms with Gasteiger partial charge >= 0.3 is 5.97 Å². The van der Waals surface area contributed by atoms with Gasteiger partial charge in [0.25, 0.3) is 0 Å². The van der Waals surface area contributed by atoms with Crippen molar-refractivity contribution in [2.24, 2.45) is 11.7 Å². The standard InChI is InChI=1S/C22H32N4O6/c1-13(2)10-17(22(31)32)25-20(29)18-4-3-9-26(18)21(30)16(24-19(28)12-23)11-14-5-7-15(27)8-6-14/h5-8,13,16-18,27H,3-4,9-12,23H2,1-2H3,(H,24,28)(H,25,29)(H,31,32). The Morgan fingerprint density at radius 1 is 1.12 bits per heavy atom. The number of amides is 3. The second-order valence-electron chi connectivity index (χ2n) is 8.41. The zero-order chi connectivity index (χ0) is 23.8. The van der Waals surface area contributed by atoms with E-state index in [4.69, 9.17) is 5.73 Å². The van der Waals surface area contributed by atoms with Crippen LogP contribution < -0.4 is 16.4 Å². The molecule has 1 aromatic rings. The molecule has 1 saturated heterocycles. The molecule has 32 heavy (non-hydrogen) atoms. The van der Waals surface area contributed by atoms with E-state index in [1.807, 2.05) is 13.8 Å². The summed E-state index contributed by atoms with van der Waals surface area (Å²) in [6, 6.07) is 3.44. The van der Waals surface area contributed by atoms with Crippen LogP contribution in [0.4, 0.5) is 0 Å². The van der Waals surface area contributed by atoms with Gasteiger partial charge in [-0.05, 0) is 42.9 Å². The number of aromatic hydroxyl groups is 1. The zero-order valence-corrected chi connectivity index (χ0v) is 18.4. The van der Waals surface area contributed by atoms with E-state index >= 15 is 0 Å². The number of hydrogen-bond donors (Lipinski definition) is 5. The highest BCUT2D eigenvalue weighted by Gasteiger charge is 2.38. The van der Waals surface area contributed by atoms with Gasteiger partial charge in [0.2, 0.25) is 17.7 Å². The van der Waals surface area contributed by atoms with Gasteiger partial charge in [0.1, 0.15) is 23.9 Å². The van der Waals surface area contributed by atoms with Crippen LogP contribution in [0.2, 0.25) is 0 Å². The molecule has 3 atom stereocenters. The predicted octanol–water partition coefficient (Wildman–Crippen LogP) is -0.0153. The van der Waals surface area contributed by atoms with Crippen LogP contribution in [-0.2, 0) is 25.6 Å². The van der Waals surface area contributed by atoms with E-state index in [0.717, 1.165) is 0 Å². The third kappa shape index (κ3) is 6.94. The highest BCUT2D eigenvalue weighted by molar-refractivity contribution is 5.94. The smallest absolute Gasteiger partial charge is 0.326 e. The average Bonchev–Trinajstić information content (AvgIpc) is 3.23. The number of likely N-dealkylation sites (tertiary alicyclic amines) is 1. The van der Waals surface area contributed by atoms with Gasteiger partial charge in [-0.15, -0.1) is 0 Å². The summed E-state index contributed by atoms with van der Waals surface area (Å²) in [6.07, 6.45) is 1.42. The van der Waals surface area contributed by atoms with Crippen LogP contribution in [0.15, 0.2) is 24.3 Å². The molecule has 176 valence electrons. The van der Waals surface area contributed by atoms with E-state index in [0.29, 0.717) is 24.9 Å². The minimum Gasteiger partial charge on any atom is -0.508 e. The molecule has 10 heteroatoms. The molecule has 2 rings (SSSR count). The third-order valence-corrected chi connectivity index (χ3v) is 5.36. The molecule has 3 amide bonds. The average molecular weight is 449 g/mol. The Kier molecular flexibility index (Phi) is 9.01. The SMILES string of the molecule is CC(C)CC(NC(=O)C1CCCN1C(=O)C(Cc1ccc(O)cc1)NC(=O)CN)C(=O)O. The van der Waals surface area contributed by atoms with E-state index < -0.39 is 41.8 Å².